The lowest BCUT2D eigenvalue weighted by molar-refractivity contribution is -0.147. The molecule has 0 radical (unpaired) electrons. The van der Waals surface area contributed by atoms with E-state index in [1.165, 1.54) is 11.0 Å². The van der Waals surface area contributed by atoms with Crippen molar-refractivity contribution in [2.45, 2.75) is 50.0 Å². The lowest BCUT2D eigenvalue weighted by Gasteiger charge is -2.44. The number of benzene rings is 2. The second-order valence-electron chi connectivity index (χ2n) is 10.1. The molecule has 4 N–H and O–H groups in total. The van der Waals surface area contributed by atoms with Gasteiger partial charge in [0, 0.05) is 45.0 Å². The van der Waals surface area contributed by atoms with Gasteiger partial charge in [-0.2, -0.15) is 0 Å². The van der Waals surface area contributed by atoms with Crippen molar-refractivity contribution in [1.82, 2.24) is 9.80 Å². The van der Waals surface area contributed by atoms with Crippen LogP contribution in [0.15, 0.2) is 42.5 Å². The Morgan fingerprint density at radius 2 is 1.97 bits per heavy atom. The number of amides is 2. The summed E-state index contributed by atoms with van der Waals surface area (Å²) >= 11 is 0. The third kappa shape index (κ3) is 5.97. The molecule has 202 valence electrons. The molecule has 8 nitrogen and oxygen atoms in total. The highest BCUT2D eigenvalue weighted by molar-refractivity contribution is 5.75. The molecule has 1 unspecified atom stereocenters. The first-order chi connectivity index (χ1) is 17.7. The number of methoxy groups -OCH3 is 1. The van der Waals surface area contributed by atoms with Crippen molar-refractivity contribution in [1.29, 1.82) is 0 Å². The fraction of sp³-hybridized carbons (Fsp3) is 0.536. The fourth-order valence-corrected chi connectivity index (χ4v) is 5.37. The highest BCUT2D eigenvalue weighted by Gasteiger charge is 2.45. The minimum atomic E-state index is -1.56. The number of aliphatic hydroxyl groups excluding tert-OH is 1. The number of halogens is 1. The third-order valence-corrected chi connectivity index (χ3v) is 7.42. The average molecular weight is 516 g/mol. The van der Waals surface area contributed by atoms with Crippen LogP contribution >= 0.6 is 0 Å². The lowest BCUT2D eigenvalue weighted by Crippen LogP contribution is -2.57. The van der Waals surface area contributed by atoms with Crippen LogP contribution in [0.4, 0.5) is 9.18 Å². The molecule has 0 saturated carbocycles. The van der Waals surface area contributed by atoms with Crippen LogP contribution in [0.3, 0.4) is 0 Å². The Labute approximate surface area is 217 Å². The SMILES string of the molecule is COCCCC[C@@](O)(c1cccc(F)c1-c1cccc(C)c1)C1CN(C(=O)N2C[C@@H](N)[C@@H](O)C2)CCO1. The monoisotopic (exact) mass is 515 g/mol. The van der Waals surface area contributed by atoms with Gasteiger partial charge in [-0.05, 0) is 43.4 Å². The molecule has 2 aromatic rings. The van der Waals surface area contributed by atoms with Crippen LogP contribution in [0.1, 0.15) is 30.4 Å². The van der Waals surface area contributed by atoms with E-state index < -0.39 is 29.7 Å². The van der Waals surface area contributed by atoms with E-state index in [1.54, 1.807) is 24.1 Å². The van der Waals surface area contributed by atoms with Gasteiger partial charge in [-0.1, -0.05) is 42.0 Å². The minimum absolute atomic E-state index is 0.130. The number of rotatable bonds is 8. The summed E-state index contributed by atoms with van der Waals surface area (Å²) in [6, 6.07) is 11.5. The predicted molar refractivity (Wildman–Crippen MR) is 138 cm³/mol. The molecular weight excluding hydrogens is 477 g/mol. The maximum absolute atomic E-state index is 15.4. The number of hydrogen-bond donors (Lipinski definition) is 3. The van der Waals surface area contributed by atoms with E-state index in [9.17, 15) is 15.0 Å². The van der Waals surface area contributed by atoms with Gasteiger partial charge in [0.1, 0.15) is 17.5 Å². The topological polar surface area (TPSA) is 108 Å². The van der Waals surface area contributed by atoms with Crippen molar-refractivity contribution in [3.05, 3.63) is 59.4 Å². The van der Waals surface area contributed by atoms with Gasteiger partial charge in [0.25, 0.3) is 0 Å². The molecule has 0 aromatic heterocycles. The normalized spacial score (nSPS) is 23.8. The van der Waals surface area contributed by atoms with Crippen molar-refractivity contribution in [3.63, 3.8) is 0 Å². The lowest BCUT2D eigenvalue weighted by atomic mass is 9.78. The van der Waals surface area contributed by atoms with Crippen LogP contribution < -0.4 is 5.73 Å². The van der Waals surface area contributed by atoms with Crippen LogP contribution in [0.25, 0.3) is 11.1 Å². The molecule has 2 aromatic carbocycles. The Morgan fingerprint density at radius 3 is 2.68 bits per heavy atom. The summed E-state index contributed by atoms with van der Waals surface area (Å²) in [4.78, 5) is 16.4. The average Bonchev–Trinajstić information content (AvgIpc) is 3.23. The maximum atomic E-state index is 15.4. The zero-order valence-corrected chi connectivity index (χ0v) is 21.6. The Hall–Kier alpha value is -2.56. The van der Waals surface area contributed by atoms with Crippen molar-refractivity contribution >= 4 is 6.03 Å². The summed E-state index contributed by atoms with van der Waals surface area (Å²) in [6.45, 7) is 3.63. The van der Waals surface area contributed by atoms with Crippen molar-refractivity contribution in [2.24, 2.45) is 5.73 Å². The van der Waals surface area contributed by atoms with Gasteiger partial charge in [0.05, 0.1) is 19.3 Å². The maximum Gasteiger partial charge on any atom is 0.320 e. The first-order valence-corrected chi connectivity index (χ1v) is 12.9. The number of likely N-dealkylation sites (tertiary alicyclic amines) is 1. The van der Waals surface area contributed by atoms with Crippen LogP contribution in [-0.4, -0.2) is 90.8 Å². The van der Waals surface area contributed by atoms with E-state index in [-0.39, 0.29) is 32.3 Å². The van der Waals surface area contributed by atoms with Gasteiger partial charge in [0.15, 0.2) is 0 Å². The molecule has 37 heavy (non-hydrogen) atoms. The number of aryl methyl sites for hydroxylation is 1. The number of β-amino-alcohol motifs (C(OH)–C–C–N with tert-alkyl or cyclic N) is 1. The number of nitrogens with two attached hydrogens (primary N) is 1. The van der Waals surface area contributed by atoms with Gasteiger partial charge in [0.2, 0.25) is 0 Å². The summed E-state index contributed by atoms with van der Waals surface area (Å²) in [7, 11) is 1.63. The zero-order valence-electron chi connectivity index (χ0n) is 21.6. The summed E-state index contributed by atoms with van der Waals surface area (Å²) in [5.74, 6) is -0.429. The van der Waals surface area contributed by atoms with Crippen LogP contribution in [0.5, 0.6) is 0 Å². The van der Waals surface area contributed by atoms with Gasteiger partial charge in [-0.3, -0.25) is 0 Å². The number of unbranched alkanes of at least 4 members (excludes halogenated alkanes) is 1. The number of carbonyl (C=O) groups is 1. The Balaban J connectivity index is 1.68. The molecule has 2 aliphatic heterocycles. The molecule has 2 saturated heterocycles. The Kier molecular flexibility index (Phi) is 8.82. The molecule has 2 amide bonds. The van der Waals surface area contributed by atoms with Gasteiger partial charge < -0.3 is 35.2 Å². The Morgan fingerprint density at radius 1 is 1.19 bits per heavy atom. The fourth-order valence-electron chi connectivity index (χ4n) is 5.37. The molecular formula is C28H38FN3O5. The number of aliphatic hydroxyl groups is 2. The molecule has 0 aliphatic carbocycles. The van der Waals surface area contributed by atoms with Crippen LogP contribution in [-0.2, 0) is 15.1 Å². The van der Waals surface area contributed by atoms with Crippen molar-refractivity contribution < 1.29 is 28.9 Å². The first-order valence-electron chi connectivity index (χ1n) is 12.9. The van der Waals surface area contributed by atoms with E-state index >= 15 is 4.39 Å². The number of nitrogens with zero attached hydrogens (tertiary/aromatic N) is 2. The minimum Gasteiger partial charge on any atom is -0.390 e. The van der Waals surface area contributed by atoms with Gasteiger partial charge >= 0.3 is 6.03 Å². The molecule has 4 rings (SSSR count). The van der Waals surface area contributed by atoms with E-state index in [2.05, 4.69) is 0 Å². The molecule has 2 heterocycles. The van der Waals surface area contributed by atoms with Gasteiger partial charge in [-0.25, -0.2) is 9.18 Å². The number of morpholine rings is 1. The summed E-state index contributed by atoms with van der Waals surface area (Å²) in [6.07, 6.45) is 0.0996. The number of urea groups is 1. The summed E-state index contributed by atoms with van der Waals surface area (Å²) in [5.41, 5.74) is 6.78. The number of hydrogen-bond acceptors (Lipinski definition) is 6. The summed E-state index contributed by atoms with van der Waals surface area (Å²) < 4.78 is 26.7. The molecule has 2 aliphatic rings. The van der Waals surface area contributed by atoms with Crippen molar-refractivity contribution in [3.8, 4) is 11.1 Å². The highest BCUT2D eigenvalue weighted by atomic mass is 19.1. The first kappa shape index (κ1) is 27.5. The van der Waals surface area contributed by atoms with E-state index in [4.69, 9.17) is 15.2 Å². The Bertz CT molecular complexity index is 1080. The number of carbonyl (C=O) groups excluding carboxylic acids is 1. The highest BCUT2D eigenvalue weighted by Crippen LogP contribution is 2.41. The molecule has 0 spiro atoms. The van der Waals surface area contributed by atoms with Crippen LogP contribution in [0.2, 0.25) is 0 Å². The van der Waals surface area contributed by atoms with Crippen LogP contribution in [0, 0.1) is 12.7 Å². The predicted octanol–water partition coefficient (Wildman–Crippen LogP) is 2.63. The molecule has 0 bridgehead atoms. The van der Waals surface area contributed by atoms with Gasteiger partial charge in [-0.15, -0.1) is 0 Å². The smallest absolute Gasteiger partial charge is 0.320 e. The molecule has 9 heteroatoms. The van der Waals surface area contributed by atoms with E-state index in [1.807, 2.05) is 31.2 Å². The van der Waals surface area contributed by atoms with Crippen molar-refractivity contribution in [2.75, 3.05) is 46.5 Å². The van der Waals surface area contributed by atoms with E-state index in [0.717, 1.165) is 5.56 Å². The van der Waals surface area contributed by atoms with E-state index in [0.29, 0.717) is 49.1 Å². The zero-order chi connectivity index (χ0) is 26.6. The largest absolute Gasteiger partial charge is 0.390 e. The quantitative estimate of drug-likeness (QED) is 0.467. The third-order valence-electron chi connectivity index (χ3n) is 7.42. The standard InChI is InChI=1S/C28H38FN3O5/c1-19-7-5-8-20(15-19)26-21(9-6-10-22(26)29)28(35,11-3-4-13-36-2)25-18-31(12-14-37-25)27(34)32-16-23(30)24(33)17-32/h5-10,15,23-25,33,35H,3-4,11-14,16-18,30H2,1-2H3/t23-,24+,25?,28-/m1/s1. The second kappa shape index (κ2) is 11.9. The summed E-state index contributed by atoms with van der Waals surface area (Å²) in [5, 5.41) is 22.4. The molecule has 4 atom stereocenters. The molecule has 2 fully saturated rings. The second-order valence-corrected chi connectivity index (χ2v) is 10.1. The number of ether oxygens (including phenoxy) is 2.